The fourth-order valence-corrected chi connectivity index (χ4v) is 1.37. The van der Waals surface area contributed by atoms with E-state index in [1.54, 1.807) is 29.2 Å². The first-order valence-electron chi connectivity index (χ1n) is 5.15. The SMILES string of the molecule is O=C(CCn1cncn1)Nc1cccc(O)c1. The predicted octanol–water partition coefficient (Wildman–Crippen LogP) is 1.01. The lowest BCUT2D eigenvalue weighted by Crippen LogP contribution is -2.14. The van der Waals surface area contributed by atoms with Crippen LogP contribution in [0.2, 0.25) is 0 Å². The highest BCUT2D eigenvalue weighted by Gasteiger charge is 2.03. The maximum Gasteiger partial charge on any atom is 0.226 e. The summed E-state index contributed by atoms with van der Waals surface area (Å²) in [5.41, 5.74) is 0.577. The smallest absolute Gasteiger partial charge is 0.226 e. The lowest BCUT2D eigenvalue weighted by molar-refractivity contribution is -0.116. The van der Waals surface area contributed by atoms with Gasteiger partial charge in [0.25, 0.3) is 0 Å². The lowest BCUT2D eigenvalue weighted by atomic mass is 10.3. The van der Waals surface area contributed by atoms with Crippen LogP contribution >= 0.6 is 0 Å². The van der Waals surface area contributed by atoms with E-state index in [1.165, 1.54) is 12.4 Å². The molecule has 17 heavy (non-hydrogen) atoms. The number of anilines is 1. The molecule has 0 spiro atoms. The number of carbonyl (C=O) groups excluding carboxylic acids is 1. The molecule has 88 valence electrons. The van der Waals surface area contributed by atoms with Gasteiger partial charge in [0, 0.05) is 18.2 Å². The summed E-state index contributed by atoms with van der Waals surface area (Å²) in [7, 11) is 0. The normalized spacial score (nSPS) is 10.1. The van der Waals surface area contributed by atoms with E-state index in [2.05, 4.69) is 15.4 Å². The van der Waals surface area contributed by atoms with Crippen LogP contribution in [0.1, 0.15) is 6.42 Å². The molecule has 0 bridgehead atoms. The summed E-state index contributed by atoms with van der Waals surface area (Å²) in [6.07, 6.45) is 3.29. The van der Waals surface area contributed by atoms with Gasteiger partial charge in [-0.3, -0.25) is 9.48 Å². The minimum atomic E-state index is -0.133. The molecule has 0 radical (unpaired) electrons. The Morgan fingerprint density at radius 2 is 2.35 bits per heavy atom. The molecule has 2 aromatic rings. The quantitative estimate of drug-likeness (QED) is 0.824. The number of nitrogens with zero attached hydrogens (tertiary/aromatic N) is 3. The number of amides is 1. The van der Waals surface area contributed by atoms with Crippen LogP contribution in [0.25, 0.3) is 0 Å². The van der Waals surface area contributed by atoms with Gasteiger partial charge in [-0.2, -0.15) is 5.10 Å². The van der Waals surface area contributed by atoms with E-state index in [1.807, 2.05) is 0 Å². The van der Waals surface area contributed by atoms with Crippen molar-refractivity contribution in [2.75, 3.05) is 5.32 Å². The van der Waals surface area contributed by atoms with E-state index in [0.717, 1.165) is 0 Å². The molecule has 2 N–H and O–H groups in total. The van der Waals surface area contributed by atoms with E-state index in [-0.39, 0.29) is 11.7 Å². The number of phenolic OH excluding ortho intramolecular Hbond substituents is 1. The Morgan fingerprint density at radius 3 is 3.06 bits per heavy atom. The fourth-order valence-electron chi connectivity index (χ4n) is 1.37. The molecule has 0 aliphatic carbocycles. The number of carbonyl (C=O) groups is 1. The number of aromatic hydroxyl groups is 1. The van der Waals surface area contributed by atoms with Gasteiger partial charge in [-0.15, -0.1) is 0 Å². The van der Waals surface area contributed by atoms with Gasteiger partial charge in [0.15, 0.2) is 0 Å². The molecule has 1 heterocycles. The molecular formula is C11H12N4O2. The Morgan fingerprint density at radius 1 is 1.47 bits per heavy atom. The first-order chi connectivity index (χ1) is 8.24. The molecule has 1 aromatic carbocycles. The Kier molecular flexibility index (Phi) is 3.34. The minimum Gasteiger partial charge on any atom is -0.508 e. The van der Waals surface area contributed by atoms with Crippen LogP contribution in [0.5, 0.6) is 5.75 Å². The second kappa shape index (κ2) is 5.11. The molecular weight excluding hydrogens is 220 g/mol. The van der Waals surface area contributed by atoms with E-state index in [9.17, 15) is 9.90 Å². The van der Waals surface area contributed by atoms with Crippen molar-refractivity contribution in [1.29, 1.82) is 0 Å². The van der Waals surface area contributed by atoms with Crippen molar-refractivity contribution < 1.29 is 9.90 Å². The van der Waals surface area contributed by atoms with E-state index >= 15 is 0 Å². The fraction of sp³-hybridized carbons (Fsp3) is 0.182. The van der Waals surface area contributed by atoms with Gasteiger partial charge in [0.1, 0.15) is 18.4 Å². The zero-order chi connectivity index (χ0) is 12.1. The van der Waals surface area contributed by atoms with Crippen LogP contribution in [0.15, 0.2) is 36.9 Å². The lowest BCUT2D eigenvalue weighted by Gasteiger charge is -2.05. The highest BCUT2D eigenvalue weighted by molar-refractivity contribution is 5.90. The zero-order valence-electron chi connectivity index (χ0n) is 9.08. The molecule has 6 heteroatoms. The van der Waals surface area contributed by atoms with E-state index in [4.69, 9.17) is 0 Å². The molecule has 0 unspecified atom stereocenters. The largest absolute Gasteiger partial charge is 0.508 e. The maximum atomic E-state index is 11.6. The molecule has 0 saturated carbocycles. The van der Waals surface area contributed by atoms with Crippen LogP contribution in [0.3, 0.4) is 0 Å². The second-order valence-electron chi connectivity index (χ2n) is 3.51. The third kappa shape index (κ3) is 3.30. The average Bonchev–Trinajstić information content (AvgIpc) is 2.79. The second-order valence-corrected chi connectivity index (χ2v) is 3.51. The summed E-state index contributed by atoms with van der Waals surface area (Å²) in [5, 5.41) is 15.8. The number of nitrogens with one attached hydrogen (secondary N) is 1. The van der Waals surface area contributed by atoms with Crippen LogP contribution in [-0.4, -0.2) is 25.8 Å². The summed E-state index contributed by atoms with van der Waals surface area (Å²) in [4.78, 5) is 15.3. The molecule has 0 aliphatic rings. The van der Waals surface area contributed by atoms with E-state index < -0.39 is 0 Å². The van der Waals surface area contributed by atoms with Crippen molar-refractivity contribution in [3.63, 3.8) is 0 Å². The van der Waals surface area contributed by atoms with Crippen LogP contribution in [0.4, 0.5) is 5.69 Å². The highest BCUT2D eigenvalue weighted by Crippen LogP contribution is 2.15. The molecule has 1 aromatic heterocycles. The Balaban J connectivity index is 1.85. The van der Waals surface area contributed by atoms with Crippen LogP contribution < -0.4 is 5.32 Å². The summed E-state index contributed by atoms with van der Waals surface area (Å²) in [6.45, 7) is 0.477. The van der Waals surface area contributed by atoms with Gasteiger partial charge >= 0.3 is 0 Å². The first kappa shape index (κ1) is 11.1. The summed E-state index contributed by atoms with van der Waals surface area (Å²) >= 11 is 0. The van der Waals surface area contributed by atoms with Crippen LogP contribution in [-0.2, 0) is 11.3 Å². The van der Waals surface area contributed by atoms with Gasteiger partial charge in [0.05, 0.1) is 6.54 Å². The predicted molar refractivity (Wildman–Crippen MR) is 61.4 cm³/mol. The number of aryl methyl sites for hydroxylation is 1. The van der Waals surface area contributed by atoms with Crippen molar-refractivity contribution in [2.45, 2.75) is 13.0 Å². The molecule has 0 fully saturated rings. The monoisotopic (exact) mass is 232 g/mol. The van der Waals surface area contributed by atoms with Gasteiger partial charge < -0.3 is 10.4 Å². The molecule has 2 rings (SSSR count). The van der Waals surface area contributed by atoms with Gasteiger partial charge in [0.2, 0.25) is 5.91 Å². The maximum absolute atomic E-state index is 11.6. The van der Waals surface area contributed by atoms with Crippen molar-refractivity contribution in [3.05, 3.63) is 36.9 Å². The van der Waals surface area contributed by atoms with Gasteiger partial charge in [-0.1, -0.05) is 6.07 Å². The van der Waals surface area contributed by atoms with Crippen molar-refractivity contribution in [3.8, 4) is 5.75 Å². The molecule has 0 aliphatic heterocycles. The van der Waals surface area contributed by atoms with E-state index in [0.29, 0.717) is 18.7 Å². The molecule has 0 saturated heterocycles. The minimum absolute atomic E-state index is 0.124. The number of benzene rings is 1. The first-order valence-corrected chi connectivity index (χ1v) is 5.15. The Bertz CT molecular complexity index is 496. The molecule has 1 amide bonds. The number of hydrogen-bond acceptors (Lipinski definition) is 4. The van der Waals surface area contributed by atoms with Crippen molar-refractivity contribution in [1.82, 2.24) is 14.8 Å². The number of phenols is 1. The third-order valence-electron chi connectivity index (χ3n) is 2.16. The molecule has 0 atom stereocenters. The third-order valence-corrected chi connectivity index (χ3v) is 2.16. The highest BCUT2D eigenvalue weighted by atomic mass is 16.3. The van der Waals surface area contributed by atoms with Gasteiger partial charge in [-0.05, 0) is 12.1 Å². The van der Waals surface area contributed by atoms with Gasteiger partial charge in [-0.25, -0.2) is 4.98 Å². The summed E-state index contributed by atoms with van der Waals surface area (Å²) in [6, 6.07) is 6.42. The number of hydrogen-bond donors (Lipinski definition) is 2. The number of aromatic nitrogens is 3. The van der Waals surface area contributed by atoms with Crippen molar-refractivity contribution in [2.24, 2.45) is 0 Å². The standard InChI is InChI=1S/C11H12N4O2/c16-10-3-1-2-9(6-10)14-11(17)4-5-15-8-12-7-13-15/h1-3,6-8,16H,4-5H2,(H,14,17). The van der Waals surface area contributed by atoms with Crippen molar-refractivity contribution >= 4 is 11.6 Å². The Labute approximate surface area is 97.9 Å². The summed E-state index contributed by atoms with van der Waals surface area (Å²) < 4.78 is 1.59. The molecule has 6 nitrogen and oxygen atoms in total. The zero-order valence-corrected chi connectivity index (χ0v) is 9.08. The van der Waals surface area contributed by atoms with Crippen LogP contribution in [0, 0.1) is 0 Å². The average molecular weight is 232 g/mol. The summed E-state index contributed by atoms with van der Waals surface area (Å²) in [5.74, 6) is -0.00910. The number of rotatable bonds is 4. The Hall–Kier alpha value is -2.37. The topological polar surface area (TPSA) is 80.0 Å².